The number of hydrogen-bond donors (Lipinski definition) is 1. The summed E-state index contributed by atoms with van der Waals surface area (Å²) >= 11 is 3.71. The first-order valence-electron chi connectivity index (χ1n) is 12.8. The molecule has 0 aliphatic carbocycles. The first-order valence-corrected chi connectivity index (χ1v) is 15.2. The summed E-state index contributed by atoms with van der Waals surface area (Å²) in [5.74, 6) is 1.26. The van der Waals surface area contributed by atoms with Crippen molar-refractivity contribution in [3.05, 3.63) is 71.3 Å². The van der Waals surface area contributed by atoms with Crippen LogP contribution in [0.5, 0.6) is 28.7 Å². The number of halogens is 1. The van der Waals surface area contributed by atoms with Gasteiger partial charge < -0.3 is 33.2 Å². The number of fused-ring (bicyclic) bond motifs is 1. The molecule has 0 bridgehead atoms. The van der Waals surface area contributed by atoms with E-state index in [9.17, 15) is 8.42 Å². The Morgan fingerprint density at radius 1 is 0.951 bits per heavy atom. The molecule has 0 amide bonds. The summed E-state index contributed by atoms with van der Waals surface area (Å²) in [5, 5.41) is 0. The standard InChI is InChI=1S/C29H32BrNO9S/c1-29(2)39-15-21(30)27(40-29)20-14-23-22(37-16-38-23)13-19(20)26(31-41(32,33)18-9-7-6-8-10-18)17-11-24(34-3)28(36-5)25(12-17)35-4/h6-14,21,26-27,31H,15-16H2,1-5H3/t21-,26+,27+/m0/s1. The van der Waals surface area contributed by atoms with Crippen LogP contribution in [-0.4, -0.2) is 53.8 Å². The Morgan fingerprint density at radius 3 is 2.20 bits per heavy atom. The van der Waals surface area contributed by atoms with Crippen LogP contribution < -0.4 is 28.4 Å². The van der Waals surface area contributed by atoms with Crippen molar-refractivity contribution in [2.75, 3.05) is 34.7 Å². The van der Waals surface area contributed by atoms with E-state index in [0.29, 0.717) is 52.0 Å². The molecular formula is C29H32BrNO9S. The zero-order valence-corrected chi connectivity index (χ0v) is 25.7. The molecule has 10 nitrogen and oxygen atoms in total. The monoisotopic (exact) mass is 649 g/mol. The van der Waals surface area contributed by atoms with E-state index in [1.165, 1.54) is 33.5 Å². The molecule has 3 aromatic rings. The minimum Gasteiger partial charge on any atom is -0.493 e. The maximum atomic E-state index is 13.8. The largest absolute Gasteiger partial charge is 0.493 e. The van der Waals surface area contributed by atoms with Gasteiger partial charge in [-0.05, 0) is 66.9 Å². The van der Waals surface area contributed by atoms with E-state index in [2.05, 4.69) is 20.7 Å². The van der Waals surface area contributed by atoms with Gasteiger partial charge in [0.15, 0.2) is 28.8 Å². The Balaban J connectivity index is 1.75. The molecule has 0 spiro atoms. The number of benzene rings is 3. The second-order valence-corrected chi connectivity index (χ2v) is 12.8. The van der Waals surface area contributed by atoms with Crippen LogP contribution >= 0.6 is 15.9 Å². The Morgan fingerprint density at radius 2 is 1.59 bits per heavy atom. The fourth-order valence-corrected chi connectivity index (χ4v) is 6.66. The molecule has 0 aromatic heterocycles. The molecule has 0 unspecified atom stereocenters. The van der Waals surface area contributed by atoms with Gasteiger partial charge in [-0.2, -0.15) is 4.72 Å². The molecule has 2 aliphatic heterocycles. The van der Waals surface area contributed by atoms with Gasteiger partial charge in [-0.15, -0.1) is 0 Å². The van der Waals surface area contributed by atoms with E-state index in [4.69, 9.17) is 33.2 Å². The smallest absolute Gasteiger partial charge is 0.241 e. The number of ether oxygens (including phenoxy) is 7. The predicted molar refractivity (Wildman–Crippen MR) is 154 cm³/mol. The predicted octanol–water partition coefficient (Wildman–Crippen LogP) is 5.10. The third-order valence-corrected chi connectivity index (χ3v) is 9.06. The molecule has 0 saturated carbocycles. The SMILES string of the molecule is COc1cc([C@@H](NS(=O)(=O)c2ccccc2)c2cc3c(cc2[C@H]2OC(C)(C)OC[C@@H]2Br)OCO3)cc(OC)c1OC. The topological polar surface area (TPSA) is 111 Å². The van der Waals surface area contributed by atoms with Crippen molar-refractivity contribution < 1.29 is 41.6 Å². The number of methoxy groups -OCH3 is 3. The van der Waals surface area contributed by atoms with Gasteiger partial charge in [-0.3, -0.25) is 0 Å². The lowest BCUT2D eigenvalue weighted by molar-refractivity contribution is -0.271. The van der Waals surface area contributed by atoms with Gasteiger partial charge in [0.05, 0.1) is 43.7 Å². The van der Waals surface area contributed by atoms with Gasteiger partial charge >= 0.3 is 0 Å². The zero-order chi connectivity index (χ0) is 29.4. The van der Waals surface area contributed by atoms with Crippen LogP contribution in [0, 0.1) is 0 Å². The van der Waals surface area contributed by atoms with Crippen molar-refractivity contribution >= 4 is 26.0 Å². The van der Waals surface area contributed by atoms with Crippen LogP contribution in [0.2, 0.25) is 0 Å². The second-order valence-electron chi connectivity index (χ2n) is 9.93. The Kier molecular flexibility index (Phi) is 8.40. The molecule has 0 radical (unpaired) electrons. The fraction of sp³-hybridized carbons (Fsp3) is 0.379. The van der Waals surface area contributed by atoms with E-state index in [1.807, 2.05) is 19.9 Å². The second kappa shape index (κ2) is 11.7. The quantitative estimate of drug-likeness (QED) is 0.317. The van der Waals surface area contributed by atoms with Gasteiger partial charge in [-0.1, -0.05) is 34.1 Å². The molecule has 1 fully saturated rings. The van der Waals surface area contributed by atoms with Crippen LogP contribution in [-0.2, 0) is 19.5 Å². The summed E-state index contributed by atoms with van der Waals surface area (Å²) in [6.07, 6.45) is -0.519. The summed E-state index contributed by atoms with van der Waals surface area (Å²) in [7, 11) is 0.492. The molecule has 1 saturated heterocycles. The van der Waals surface area contributed by atoms with Gasteiger partial charge in [0.25, 0.3) is 0 Å². The lowest BCUT2D eigenvalue weighted by Gasteiger charge is -2.40. The van der Waals surface area contributed by atoms with Crippen molar-refractivity contribution in [3.63, 3.8) is 0 Å². The fourth-order valence-electron chi connectivity index (χ4n) is 4.91. The number of sulfonamides is 1. The molecule has 12 heteroatoms. The number of rotatable bonds is 9. The summed E-state index contributed by atoms with van der Waals surface area (Å²) in [5.41, 5.74) is 1.83. The highest BCUT2D eigenvalue weighted by Crippen LogP contribution is 2.47. The molecule has 3 aromatic carbocycles. The molecule has 2 heterocycles. The third-order valence-electron chi connectivity index (χ3n) is 6.87. The van der Waals surface area contributed by atoms with Crippen LogP contribution in [0.3, 0.4) is 0 Å². The summed E-state index contributed by atoms with van der Waals surface area (Å²) < 4.78 is 70.9. The molecule has 2 aliphatic rings. The van der Waals surface area contributed by atoms with E-state index in [1.54, 1.807) is 36.4 Å². The third kappa shape index (κ3) is 5.98. The highest BCUT2D eigenvalue weighted by atomic mass is 79.9. The van der Waals surface area contributed by atoms with Crippen molar-refractivity contribution in [2.45, 2.75) is 41.5 Å². The van der Waals surface area contributed by atoms with Crippen LogP contribution in [0.4, 0.5) is 0 Å². The van der Waals surface area contributed by atoms with Crippen LogP contribution in [0.1, 0.15) is 42.7 Å². The maximum absolute atomic E-state index is 13.8. The molecule has 1 N–H and O–H groups in total. The minimum atomic E-state index is -4.02. The summed E-state index contributed by atoms with van der Waals surface area (Å²) in [6, 6.07) is 14.3. The molecule has 3 atom stereocenters. The summed E-state index contributed by atoms with van der Waals surface area (Å²) in [6.45, 7) is 4.08. The van der Waals surface area contributed by atoms with E-state index >= 15 is 0 Å². The number of hydrogen-bond acceptors (Lipinski definition) is 9. The lowest BCUT2D eigenvalue weighted by atomic mass is 9.90. The van der Waals surface area contributed by atoms with Gasteiger partial charge in [0.1, 0.15) is 6.10 Å². The van der Waals surface area contributed by atoms with Crippen LogP contribution in [0.25, 0.3) is 0 Å². The highest BCUT2D eigenvalue weighted by Gasteiger charge is 2.40. The Labute approximate surface area is 248 Å². The lowest BCUT2D eigenvalue weighted by Crippen LogP contribution is -2.42. The number of alkyl halides is 1. The number of nitrogens with one attached hydrogen (secondary N) is 1. The molecular weight excluding hydrogens is 618 g/mol. The normalized spacial score (nSPS) is 20.3. The Hall–Kier alpha value is -3.03. The zero-order valence-electron chi connectivity index (χ0n) is 23.3. The van der Waals surface area contributed by atoms with E-state index < -0.39 is 28.0 Å². The van der Waals surface area contributed by atoms with Crippen LogP contribution in [0.15, 0.2) is 59.5 Å². The highest BCUT2D eigenvalue weighted by molar-refractivity contribution is 9.09. The van der Waals surface area contributed by atoms with E-state index in [0.717, 1.165) is 0 Å². The minimum absolute atomic E-state index is 0.0423. The Bertz CT molecular complexity index is 1490. The summed E-state index contributed by atoms with van der Waals surface area (Å²) in [4.78, 5) is -0.123. The molecule has 5 rings (SSSR count). The van der Waals surface area contributed by atoms with Gasteiger partial charge in [0.2, 0.25) is 22.6 Å². The van der Waals surface area contributed by atoms with Crippen molar-refractivity contribution in [1.29, 1.82) is 0 Å². The molecule has 220 valence electrons. The maximum Gasteiger partial charge on any atom is 0.241 e. The average Bonchev–Trinajstić information content (AvgIpc) is 3.44. The van der Waals surface area contributed by atoms with Crippen molar-refractivity contribution in [2.24, 2.45) is 0 Å². The van der Waals surface area contributed by atoms with Crippen molar-refractivity contribution in [3.8, 4) is 28.7 Å². The first-order chi connectivity index (χ1) is 19.6. The molecule has 41 heavy (non-hydrogen) atoms. The first kappa shape index (κ1) is 29.5. The van der Waals surface area contributed by atoms with Crippen molar-refractivity contribution in [1.82, 2.24) is 4.72 Å². The average molecular weight is 651 g/mol. The van der Waals surface area contributed by atoms with E-state index in [-0.39, 0.29) is 16.5 Å². The van der Waals surface area contributed by atoms with Gasteiger partial charge in [0, 0.05) is 0 Å². The van der Waals surface area contributed by atoms with Gasteiger partial charge in [-0.25, -0.2) is 8.42 Å².